The third-order valence-corrected chi connectivity index (χ3v) is 13.3. The molecule has 5 nitrogen and oxygen atoms in total. The molecule has 2 saturated carbocycles. The van der Waals surface area contributed by atoms with E-state index in [0.717, 1.165) is 50.5 Å². The number of carbonyl (C=O) groups is 2. The van der Waals surface area contributed by atoms with Crippen LogP contribution in [0.5, 0.6) is 0 Å². The third kappa shape index (κ3) is 3.14. The quantitative estimate of drug-likeness (QED) is 0.266. The smallest absolute Gasteiger partial charge is 0.336 e. The predicted octanol–water partition coefficient (Wildman–Crippen LogP) is 7.29. The Labute approximate surface area is 229 Å². The molecule has 210 valence electrons. The molecule has 1 saturated heterocycles. The van der Waals surface area contributed by atoms with Crippen LogP contribution in [0, 0.1) is 39.4 Å². The topological polar surface area (TPSA) is 61.8 Å². The SMILES string of the molecule is CC(=O)O[C@@H]1CC[C@]2(C)C3=C(CCC2C1(C)C)[C@]1(C)C[C@H]2OC4(C[C@@H](C)[C@@H]2[C@@]1(C)CC3)OC(=O)C(C)=C4C. The van der Waals surface area contributed by atoms with Crippen LogP contribution in [0.4, 0.5) is 0 Å². The van der Waals surface area contributed by atoms with Gasteiger partial charge in [-0.15, -0.1) is 0 Å². The van der Waals surface area contributed by atoms with E-state index in [2.05, 4.69) is 41.5 Å². The van der Waals surface area contributed by atoms with Gasteiger partial charge in [-0.1, -0.05) is 52.7 Å². The minimum atomic E-state index is -0.873. The predicted molar refractivity (Wildman–Crippen MR) is 146 cm³/mol. The lowest BCUT2D eigenvalue weighted by molar-refractivity contribution is -0.262. The molecule has 0 N–H and O–H groups in total. The van der Waals surface area contributed by atoms with Gasteiger partial charge in [-0.05, 0) is 92.8 Å². The van der Waals surface area contributed by atoms with E-state index in [-0.39, 0.29) is 45.8 Å². The molecular weight excluding hydrogens is 476 g/mol. The Hall–Kier alpha value is -1.62. The van der Waals surface area contributed by atoms with Crippen LogP contribution in [0.3, 0.4) is 0 Å². The summed E-state index contributed by atoms with van der Waals surface area (Å²) in [6, 6.07) is 0. The van der Waals surface area contributed by atoms with E-state index in [1.54, 1.807) is 18.1 Å². The van der Waals surface area contributed by atoms with Crippen LogP contribution >= 0.6 is 0 Å². The van der Waals surface area contributed by atoms with Crippen molar-refractivity contribution in [3.8, 4) is 0 Å². The molecule has 6 aliphatic rings. The zero-order chi connectivity index (χ0) is 27.6. The molecule has 6 rings (SSSR count). The zero-order valence-electron chi connectivity index (χ0n) is 25.1. The number of carbonyl (C=O) groups excluding carboxylic acids is 2. The third-order valence-electron chi connectivity index (χ3n) is 13.3. The highest BCUT2D eigenvalue weighted by atomic mass is 16.7. The van der Waals surface area contributed by atoms with Gasteiger partial charge in [0.2, 0.25) is 5.79 Å². The Morgan fingerprint density at radius 2 is 1.68 bits per heavy atom. The molecular formula is C33H48O5. The number of hydrogen-bond acceptors (Lipinski definition) is 5. The van der Waals surface area contributed by atoms with E-state index in [1.165, 1.54) is 6.42 Å². The van der Waals surface area contributed by atoms with E-state index in [4.69, 9.17) is 14.2 Å². The second-order valence-electron chi connectivity index (χ2n) is 15.1. The molecule has 0 aromatic heterocycles. The summed E-state index contributed by atoms with van der Waals surface area (Å²) >= 11 is 0. The molecule has 2 heterocycles. The summed E-state index contributed by atoms with van der Waals surface area (Å²) in [6.45, 7) is 20.1. The molecule has 2 unspecified atom stereocenters. The van der Waals surface area contributed by atoms with Crippen molar-refractivity contribution in [1.29, 1.82) is 0 Å². The molecule has 5 heteroatoms. The highest BCUT2D eigenvalue weighted by Gasteiger charge is 2.69. The molecule has 3 fully saturated rings. The minimum Gasteiger partial charge on any atom is -0.462 e. The Morgan fingerprint density at radius 1 is 0.974 bits per heavy atom. The number of esters is 2. The molecule has 0 aromatic carbocycles. The molecule has 1 spiro atoms. The van der Waals surface area contributed by atoms with Crippen LogP contribution in [0.15, 0.2) is 22.3 Å². The first-order valence-corrected chi connectivity index (χ1v) is 15.1. The maximum atomic E-state index is 12.5. The Balaban J connectivity index is 1.37. The van der Waals surface area contributed by atoms with Crippen molar-refractivity contribution in [2.75, 3.05) is 0 Å². The molecule has 4 aliphatic carbocycles. The van der Waals surface area contributed by atoms with Gasteiger partial charge in [0.1, 0.15) is 6.10 Å². The van der Waals surface area contributed by atoms with Gasteiger partial charge in [-0.2, -0.15) is 0 Å². The number of ether oxygens (including phenoxy) is 3. The van der Waals surface area contributed by atoms with E-state index in [9.17, 15) is 9.59 Å². The maximum Gasteiger partial charge on any atom is 0.336 e. The summed E-state index contributed by atoms with van der Waals surface area (Å²) in [5.41, 5.74) is 5.46. The van der Waals surface area contributed by atoms with Crippen LogP contribution in [0.2, 0.25) is 0 Å². The zero-order valence-corrected chi connectivity index (χ0v) is 25.1. The lowest BCUT2D eigenvalue weighted by atomic mass is 9.43. The lowest BCUT2D eigenvalue weighted by Crippen LogP contribution is -2.56. The van der Waals surface area contributed by atoms with Gasteiger partial charge in [0.25, 0.3) is 0 Å². The Kier molecular flexibility index (Phi) is 5.59. The van der Waals surface area contributed by atoms with Gasteiger partial charge in [-0.3, -0.25) is 4.79 Å². The van der Waals surface area contributed by atoms with Crippen molar-refractivity contribution in [3.05, 3.63) is 22.3 Å². The molecule has 9 atom stereocenters. The maximum absolute atomic E-state index is 12.5. The highest BCUT2D eigenvalue weighted by molar-refractivity contribution is 5.92. The summed E-state index contributed by atoms with van der Waals surface area (Å²) in [5, 5.41) is 0. The van der Waals surface area contributed by atoms with Gasteiger partial charge >= 0.3 is 11.9 Å². The fourth-order valence-corrected chi connectivity index (χ4v) is 11.2. The average Bonchev–Trinajstić information content (AvgIpc) is 3.17. The van der Waals surface area contributed by atoms with Crippen LogP contribution in [0.25, 0.3) is 0 Å². The molecule has 0 radical (unpaired) electrons. The van der Waals surface area contributed by atoms with Crippen LogP contribution in [-0.2, 0) is 23.8 Å². The van der Waals surface area contributed by atoms with Gasteiger partial charge in [0, 0.05) is 29.9 Å². The second kappa shape index (κ2) is 7.98. The summed E-state index contributed by atoms with van der Waals surface area (Å²) < 4.78 is 18.8. The molecule has 2 aliphatic heterocycles. The van der Waals surface area contributed by atoms with Gasteiger partial charge in [-0.25, -0.2) is 4.79 Å². The number of fused-ring (bicyclic) bond motifs is 6. The first-order valence-electron chi connectivity index (χ1n) is 15.1. The minimum absolute atomic E-state index is 0.00155. The van der Waals surface area contributed by atoms with Crippen molar-refractivity contribution < 1.29 is 23.8 Å². The van der Waals surface area contributed by atoms with Crippen LogP contribution in [0.1, 0.15) is 114 Å². The van der Waals surface area contributed by atoms with Crippen molar-refractivity contribution in [3.63, 3.8) is 0 Å². The monoisotopic (exact) mass is 524 g/mol. The van der Waals surface area contributed by atoms with Crippen LogP contribution in [-0.4, -0.2) is 29.9 Å². The second-order valence-corrected chi connectivity index (χ2v) is 15.1. The molecule has 0 amide bonds. The summed E-state index contributed by atoms with van der Waals surface area (Å²) in [4.78, 5) is 24.4. The van der Waals surface area contributed by atoms with E-state index in [0.29, 0.717) is 23.3 Å². The van der Waals surface area contributed by atoms with Gasteiger partial charge in [0.05, 0.1) is 6.10 Å². The first kappa shape index (κ1) is 26.6. The number of hydrogen-bond donors (Lipinski definition) is 0. The molecule has 0 bridgehead atoms. The number of allylic oxidation sites excluding steroid dienone is 2. The van der Waals surface area contributed by atoms with Gasteiger partial charge < -0.3 is 14.2 Å². The molecule has 0 aromatic rings. The molecule has 38 heavy (non-hydrogen) atoms. The van der Waals surface area contributed by atoms with E-state index >= 15 is 0 Å². The fraction of sp³-hybridized carbons (Fsp3) is 0.818. The normalized spacial score (nSPS) is 49.3. The van der Waals surface area contributed by atoms with Crippen molar-refractivity contribution in [1.82, 2.24) is 0 Å². The Bertz CT molecular complexity index is 1160. The summed E-state index contributed by atoms with van der Waals surface area (Å²) in [5.74, 6) is 0.140. The van der Waals surface area contributed by atoms with Crippen molar-refractivity contribution >= 4 is 11.9 Å². The van der Waals surface area contributed by atoms with E-state index < -0.39 is 5.79 Å². The van der Waals surface area contributed by atoms with Gasteiger partial charge in [0.15, 0.2) is 0 Å². The largest absolute Gasteiger partial charge is 0.462 e. The summed E-state index contributed by atoms with van der Waals surface area (Å²) in [6.07, 6.45) is 8.51. The van der Waals surface area contributed by atoms with Crippen LogP contribution < -0.4 is 0 Å². The first-order chi connectivity index (χ1) is 17.6. The van der Waals surface area contributed by atoms with Crippen molar-refractivity contribution in [2.45, 2.75) is 132 Å². The van der Waals surface area contributed by atoms with E-state index in [1.807, 2.05) is 13.8 Å². The lowest BCUT2D eigenvalue weighted by Gasteiger charge is -2.62. The van der Waals surface area contributed by atoms with Crippen molar-refractivity contribution in [2.24, 2.45) is 39.4 Å². The number of rotatable bonds is 1. The summed E-state index contributed by atoms with van der Waals surface area (Å²) in [7, 11) is 0. The highest BCUT2D eigenvalue weighted by Crippen LogP contribution is 2.74. The fourth-order valence-electron chi connectivity index (χ4n) is 11.2. The standard InChI is InChI=1S/C33H48O5/c1-18-16-33(20(3)19(2)28(35)38-33)37-24-17-32(9)23-10-11-25-29(5,6)26(36-21(4)34)13-14-30(25,7)22(23)12-15-31(32,8)27(18)24/h18,24-27H,10-17H2,1-9H3/t18-,24-,25?,26-,27+,30-,31-,32+,33?/m1/s1. The average molecular weight is 525 g/mol. The Morgan fingerprint density at radius 3 is 2.32 bits per heavy atom.